The van der Waals surface area contributed by atoms with Gasteiger partial charge in [-0.2, -0.15) is 0 Å². The van der Waals surface area contributed by atoms with Gasteiger partial charge in [-0.05, 0) is 50.5 Å². The fourth-order valence-corrected chi connectivity index (χ4v) is 3.08. The monoisotopic (exact) mass is 365 g/mol. The van der Waals surface area contributed by atoms with Crippen molar-refractivity contribution in [2.45, 2.75) is 38.5 Å². The smallest absolute Gasteiger partial charge is 0.310 e. The first-order valence-electron chi connectivity index (χ1n) is 8.85. The molecule has 1 fully saturated rings. The van der Waals surface area contributed by atoms with Crippen molar-refractivity contribution >= 4 is 28.7 Å². The molecule has 0 bridgehead atoms. The maximum Gasteiger partial charge on any atom is 0.310 e. The predicted octanol–water partition coefficient (Wildman–Crippen LogP) is 3.85. The normalized spacial score (nSPS) is 14.9. The number of nitrogens with zero attached hydrogens (tertiary/aromatic N) is 2. The maximum absolute atomic E-state index is 12.9. The Hall–Kier alpha value is -3.22. The van der Waals surface area contributed by atoms with Crippen molar-refractivity contribution in [3.05, 3.63) is 52.8 Å². The number of benzene rings is 1. The van der Waals surface area contributed by atoms with Gasteiger partial charge in [0.05, 0.1) is 22.6 Å². The summed E-state index contributed by atoms with van der Waals surface area (Å²) >= 11 is 0. The summed E-state index contributed by atoms with van der Waals surface area (Å²) in [6, 6.07) is 8.63. The van der Waals surface area contributed by atoms with E-state index in [0.29, 0.717) is 39.5 Å². The standard InChI is InChI=1S/C20H19N3O4/c1-10(20(25)26)12-5-7-14(8-6-12)21-18(24)15-9-16(13-3-4-13)22-19-17(15)11(2)23-27-19/h5-10,13H,3-4H2,1-2H3,(H,21,24)(H,25,26). The minimum atomic E-state index is -0.887. The summed E-state index contributed by atoms with van der Waals surface area (Å²) in [7, 11) is 0. The van der Waals surface area contributed by atoms with Crippen LogP contribution in [0, 0.1) is 6.92 Å². The molecule has 1 aromatic carbocycles. The number of aromatic nitrogens is 2. The molecule has 27 heavy (non-hydrogen) atoms. The molecule has 0 spiro atoms. The lowest BCUT2D eigenvalue weighted by Gasteiger charge is -2.10. The fourth-order valence-electron chi connectivity index (χ4n) is 3.08. The molecule has 0 radical (unpaired) electrons. The van der Waals surface area contributed by atoms with Gasteiger partial charge in [-0.25, -0.2) is 4.98 Å². The number of carboxylic acid groups (broad SMARTS) is 1. The highest BCUT2D eigenvalue weighted by atomic mass is 16.5. The molecular formula is C20H19N3O4. The van der Waals surface area contributed by atoms with Gasteiger partial charge in [0.15, 0.2) is 0 Å². The number of pyridine rings is 1. The third-order valence-electron chi connectivity index (χ3n) is 4.92. The quantitative estimate of drug-likeness (QED) is 0.711. The first-order valence-corrected chi connectivity index (χ1v) is 8.85. The number of anilines is 1. The van der Waals surface area contributed by atoms with Crippen molar-refractivity contribution in [1.29, 1.82) is 0 Å². The third-order valence-corrected chi connectivity index (χ3v) is 4.92. The second kappa shape index (κ2) is 6.50. The van der Waals surface area contributed by atoms with Crippen LogP contribution in [0.3, 0.4) is 0 Å². The maximum atomic E-state index is 12.9. The number of aliphatic carboxylic acids is 1. The number of fused-ring (bicyclic) bond motifs is 1. The number of aryl methyl sites for hydroxylation is 1. The molecule has 3 aromatic rings. The van der Waals surface area contributed by atoms with Gasteiger partial charge >= 0.3 is 5.97 Å². The molecule has 138 valence electrons. The summed E-state index contributed by atoms with van der Waals surface area (Å²) in [6.45, 7) is 3.40. The molecule has 2 N–H and O–H groups in total. The molecule has 1 saturated carbocycles. The molecule has 1 aliphatic rings. The number of rotatable bonds is 5. The molecular weight excluding hydrogens is 346 g/mol. The summed E-state index contributed by atoms with van der Waals surface area (Å²) in [5.74, 6) is -1.38. The Morgan fingerprint density at radius 2 is 1.96 bits per heavy atom. The molecule has 0 saturated heterocycles. The average molecular weight is 365 g/mol. The van der Waals surface area contributed by atoms with E-state index < -0.39 is 11.9 Å². The van der Waals surface area contributed by atoms with Crippen molar-refractivity contribution < 1.29 is 19.2 Å². The number of carbonyl (C=O) groups excluding carboxylic acids is 1. The van der Waals surface area contributed by atoms with Crippen LogP contribution in [0.2, 0.25) is 0 Å². The van der Waals surface area contributed by atoms with E-state index in [1.54, 1.807) is 38.1 Å². The van der Waals surface area contributed by atoms with Crippen molar-refractivity contribution in [3.63, 3.8) is 0 Å². The van der Waals surface area contributed by atoms with Crippen LogP contribution >= 0.6 is 0 Å². The molecule has 7 heteroatoms. The molecule has 0 aliphatic heterocycles. The Balaban J connectivity index is 1.63. The zero-order valence-electron chi connectivity index (χ0n) is 15.0. The highest BCUT2D eigenvalue weighted by molar-refractivity contribution is 6.12. The van der Waals surface area contributed by atoms with Gasteiger partial charge in [0.25, 0.3) is 11.6 Å². The van der Waals surface area contributed by atoms with Crippen LogP contribution < -0.4 is 5.32 Å². The van der Waals surface area contributed by atoms with E-state index in [2.05, 4.69) is 15.5 Å². The number of hydrogen-bond donors (Lipinski definition) is 2. The van der Waals surface area contributed by atoms with Gasteiger partial charge < -0.3 is 14.9 Å². The van der Waals surface area contributed by atoms with Crippen LogP contribution in [0.25, 0.3) is 11.1 Å². The van der Waals surface area contributed by atoms with Crippen LogP contribution in [0.5, 0.6) is 0 Å². The van der Waals surface area contributed by atoms with E-state index in [0.717, 1.165) is 18.5 Å². The van der Waals surface area contributed by atoms with Crippen LogP contribution in [0.15, 0.2) is 34.9 Å². The van der Waals surface area contributed by atoms with Crippen LogP contribution in [-0.2, 0) is 4.79 Å². The first-order chi connectivity index (χ1) is 12.9. The summed E-state index contributed by atoms with van der Waals surface area (Å²) < 4.78 is 5.28. The summed E-state index contributed by atoms with van der Waals surface area (Å²) in [5.41, 5.74) is 3.62. The molecule has 1 aliphatic carbocycles. The lowest BCUT2D eigenvalue weighted by Crippen LogP contribution is -2.14. The molecule has 1 amide bonds. The average Bonchev–Trinajstić information content (AvgIpc) is 3.44. The van der Waals surface area contributed by atoms with Gasteiger partial charge in [0.1, 0.15) is 0 Å². The number of carbonyl (C=O) groups is 2. The van der Waals surface area contributed by atoms with E-state index in [1.165, 1.54) is 0 Å². The lowest BCUT2D eigenvalue weighted by molar-refractivity contribution is -0.138. The van der Waals surface area contributed by atoms with E-state index in [1.807, 2.05) is 6.07 Å². The van der Waals surface area contributed by atoms with Crippen LogP contribution in [0.1, 0.15) is 58.9 Å². The van der Waals surface area contributed by atoms with E-state index in [4.69, 9.17) is 9.63 Å². The second-order valence-corrected chi connectivity index (χ2v) is 6.95. The minimum absolute atomic E-state index is 0.269. The Morgan fingerprint density at radius 1 is 1.26 bits per heavy atom. The Kier molecular flexibility index (Phi) is 4.14. The van der Waals surface area contributed by atoms with Gasteiger partial charge in [0.2, 0.25) is 0 Å². The number of hydrogen-bond acceptors (Lipinski definition) is 5. The highest BCUT2D eigenvalue weighted by Crippen LogP contribution is 2.40. The third kappa shape index (κ3) is 3.28. The zero-order chi connectivity index (χ0) is 19.1. The largest absolute Gasteiger partial charge is 0.481 e. The summed E-state index contributed by atoms with van der Waals surface area (Å²) in [6.07, 6.45) is 2.13. The van der Waals surface area contributed by atoms with Crippen molar-refractivity contribution in [2.24, 2.45) is 0 Å². The fraction of sp³-hybridized carbons (Fsp3) is 0.300. The summed E-state index contributed by atoms with van der Waals surface area (Å²) in [5, 5.41) is 16.5. The van der Waals surface area contributed by atoms with E-state index >= 15 is 0 Å². The van der Waals surface area contributed by atoms with Crippen molar-refractivity contribution in [2.75, 3.05) is 5.32 Å². The van der Waals surface area contributed by atoms with Crippen molar-refractivity contribution in [1.82, 2.24) is 10.1 Å². The van der Waals surface area contributed by atoms with Gasteiger partial charge in [0, 0.05) is 17.3 Å². The van der Waals surface area contributed by atoms with Gasteiger partial charge in [-0.3, -0.25) is 9.59 Å². The van der Waals surface area contributed by atoms with Gasteiger partial charge in [-0.15, -0.1) is 0 Å². The van der Waals surface area contributed by atoms with Crippen molar-refractivity contribution in [3.8, 4) is 0 Å². The second-order valence-electron chi connectivity index (χ2n) is 6.95. The predicted molar refractivity (Wildman–Crippen MR) is 99.0 cm³/mol. The minimum Gasteiger partial charge on any atom is -0.481 e. The number of nitrogens with one attached hydrogen (secondary N) is 1. The highest BCUT2D eigenvalue weighted by Gasteiger charge is 2.28. The zero-order valence-corrected chi connectivity index (χ0v) is 15.0. The Labute approximate surface area is 155 Å². The number of amides is 1. The van der Waals surface area contributed by atoms with E-state index in [-0.39, 0.29) is 5.91 Å². The first kappa shape index (κ1) is 17.2. The Bertz CT molecular complexity index is 1040. The van der Waals surface area contributed by atoms with Gasteiger partial charge in [-0.1, -0.05) is 17.3 Å². The SMILES string of the molecule is Cc1noc2nc(C3CC3)cc(C(=O)Nc3ccc(C(C)C(=O)O)cc3)c12. The topological polar surface area (TPSA) is 105 Å². The molecule has 1 atom stereocenters. The van der Waals surface area contributed by atoms with Crippen LogP contribution in [-0.4, -0.2) is 27.1 Å². The van der Waals surface area contributed by atoms with E-state index in [9.17, 15) is 9.59 Å². The summed E-state index contributed by atoms with van der Waals surface area (Å²) in [4.78, 5) is 28.5. The molecule has 2 aromatic heterocycles. The Morgan fingerprint density at radius 3 is 2.59 bits per heavy atom. The number of carboxylic acids is 1. The molecule has 7 nitrogen and oxygen atoms in total. The lowest BCUT2D eigenvalue weighted by atomic mass is 10.0. The molecule has 4 rings (SSSR count). The van der Waals surface area contributed by atoms with Crippen LogP contribution in [0.4, 0.5) is 5.69 Å². The molecule has 2 heterocycles. The molecule has 1 unspecified atom stereocenters.